The molecule has 21 heavy (non-hydrogen) atoms. The van der Waals surface area contributed by atoms with E-state index in [4.69, 9.17) is 22.0 Å². The van der Waals surface area contributed by atoms with Crippen molar-refractivity contribution in [2.24, 2.45) is 0 Å². The average Bonchev–Trinajstić information content (AvgIpc) is 2.47. The summed E-state index contributed by atoms with van der Waals surface area (Å²) in [5.74, 6) is -1.03. The number of hydrogen-bond donors (Lipinski definition) is 1. The summed E-state index contributed by atoms with van der Waals surface area (Å²) in [6, 6.07) is 13.2. The van der Waals surface area contributed by atoms with Crippen molar-refractivity contribution in [3.05, 3.63) is 64.2 Å². The first-order valence-corrected chi connectivity index (χ1v) is 7.62. The molecule has 0 saturated carbocycles. The number of rotatable bonds is 4. The van der Waals surface area contributed by atoms with Crippen molar-refractivity contribution in [2.75, 3.05) is 0 Å². The summed E-state index contributed by atoms with van der Waals surface area (Å²) < 4.78 is 12.3. The van der Waals surface area contributed by atoms with E-state index in [1.54, 1.807) is 24.3 Å². The summed E-state index contributed by atoms with van der Waals surface area (Å²) >= 11 is 5.78. The third-order valence-corrected chi connectivity index (χ3v) is 4.54. The van der Waals surface area contributed by atoms with E-state index >= 15 is 0 Å². The lowest BCUT2D eigenvalue weighted by molar-refractivity contribution is 0.0697. The van der Waals surface area contributed by atoms with Gasteiger partial charge < -0.3 is 5.11 Å². The number of carboxylic acid groups (broad SMARTS) is 1. The highest BCUT2D eigenvalue weighted by Gasteiger charge is 2.14. The maximum absolute atomic E-state index is 12.3. The maximum Gasteiger partial charge on any atom is 0.337 e. The van der Waals surface area contributed by atoms with Crippen LogP contribution in [0.3, 0.4) is 0 Å². The van der Waals surface area contributed by atoms with E-state index in [1.807, 2.05) is 6.07 Å². The fourth-order valence-electron chi connectivity index (χ4n) is 1.79. The van der Waals surface area contributed by atoms with Crippen LogP contribution in [0.2, 0.25) is 5.02 Å². The Hall–Kier alpha value is -2.16. The van der Waals surface area contributed by atoms with Gasteiger partial charge in [-0.3, -0.25) is 4.21 Å². The van der Waals surface area contributed by atoms with Crippen LogP contribution in [0.25, 0.3) is 0 Å². The molecule has 0 bridgehead atoms. The molecule has 0 saturated heterocycles. The van der Waals surface area contributed by atoms with Crippen LogP contribution in [0.4, 0.5) is 0 Å². The minimum absolute atomic E-state index is 0.0870. The van der Waals surface area contributed by atoms with Crippen molar-refractivity contribution < 1.29 is 14.1 Å². The number of benzene rings is 2. The van der Waals surface area contributed by atoms with Crippen LogP contribution < -0.4 is 0 Å². The Morgan fingerprint density at radius 2 is 2.00 bits per heavy atom. The van der Waals surface area contributed by atoms with Gasteiger partial charge in [0, 0.05) is 4.90 Å². The van der Waals surface area contributed by atoms with E-state index < -0.39 is 16.8 Å². The molecule has 2 aromatic rings. The topological polar surface area (TPSA) is 78.2 Å². The van der Waals surface area contributed by atoms with Crippen molar-refractivity contribution in [2.45, 2.75) is 10.6 Å². The molecule has 1 atom stereocenters. The second-order valence-electron chi connectivity index (χ2n) is 4.21. The molecule has 0 aliphatic heterocycles. The zero-order chi connectivity index (χ0) is 15.4. The SMILES string of the molecule is N#Cc1ccccc1CS(=O)c1ccc(Cl)c(C(=O)O)c1. The summed E-state index contributed by atoms with van der Waals surface area (Å²) in [6.45, 7) is 0. The van der Waals surface area contributed by atoms with Crippen molar-refractivity contribution in [3.8, 4) is 6.07 Å². The number of nitriles is 1. The Morgan fingerprint density at radius 3 is 2.67 bits per heavy atom. The third kappa shape index (κ3) is 3.48. The van der Waals surface area contributed by atoms with Crippen molar-refractivity contribution in [1.29, 1.82) is 5.26 Å². The zero-order valence-electron chi connectivity index (χ0n) is 10.7. The molecule has 4 nitrogen and oxygen atoms in total. The van der Waals surface area contributed by atoms with Gasteiger partial charge in [-0.1, -0.05) is 29.8 Å². The number of aromatic carboxylic acids is 1. The number of carboxylic acids is 1. The standard InChI is InChI=1S/C15H10ClNO3S/c16-14-6-5-12(7-13(14)15(18)19)21(20)9-11-4-2-1-3-10(11)8-17/h1-7H,9H2,(H,18,19). The highest BCUT2D eigenvalue weighted by atomic mass is 35.5. The van der Waals surface area contributed by atoms with Gasteiger partial charge in [-0.15, -0.1) is 0 Å². The number of hydrogen-bond acceptors (Lipinski definition) is 3. The number of halogens is 1. The Balaban J connectivity index is 2.31. The largest absolute Gasteiger partial charge is 0.478 e. The molecular weight excluding hydrogens is 310 g/mol. The van der Waals surface area contributed by atoms with Crippen molar-refractivity contribution in [3.63, 3.8) is 0 Å². The zero-order valence-corrected chi connectivity index (χ0v) is 12.3. The summed E-state index contributed by atoms with van der Waals surface area (Å²) in [5, 5.41) is 18.1. The first-order chi connectivity index (χ1) is 10.0. The second-order valence-corrected chi connectivity index (χ2v) is 6.06. The van der Waals surface area contributed by atoms with E-state index in [9.17, 15) is 9.00 Å². The van der Waals surface area contributed by atoms with E-state index in [1.165, 1.54) is 18.2 Å². The normalized spacial score (nSPS) is 11.6. The molecule has 1 unspecified atom stereocenters. The molecule has 0 fully saturated rings. The van der Waals surface area contributed by atoms with Crippen LogP contribution in [0.1, 0.15) is 21.5 Å². The molecule has 0 aromatic heterocycles. The lowest BCUT2D eigenvalue weighted by Crippen LogP contribution is -2.02. The van der Waals surface area contributed by atoms with Gasteiger partial charge in [0.1, 0.15) is 0 Å². The summed E-state index contributed by atoms with van der Waals surface area (Å²) in [6.07, 6.45) is 0. The first-order valence-electron chi connectivity index (χ1n) is 5.92. The third-order valence-electron chi connectivity index (χ3n) is 2.86. The van der Waals surface area contributed by atoms with Crippen LogP contribution in [-0.2, 0) is 16.6 Å². The molecular formula is C15H10ClNO3S. The fraction of sp³-hybridized carbons (Fsp3) is 0.0667. The Bertz CT molecular complexity index is 768. The van der Waals surface area contributed by atoms with Gasteiger partial charge in [0.2, 0.25) is 0 Å². The molecule has 0 aliphatic rings. The van der Waals surface area contributed by atoms with Crippen molar-refractivity contribution >= 4 is 28.4 Å². The van der Waals surface area contributed by atoms with Gasteiger partial charge in [-0.05, 0) is 29.8 Å². The summed E-state index contributed by atoms with van der Waals surface area (Å²) in [5.41, 5.74) is 1.03. The van der Waals surface area contributed by atoms with Gasteiger partial charge >= 0.3 is 5.97 Å². The number of nitrogens with zero attached hydrogens (tertiary/aromatic N) is 1. The maximum atomic E-state index is 12.3. The van der Waals surface area contributed by atoms with Gasteiger partial charge in [0.15, 0.2) is 0 Å². The van der Waals surface area contributed by atoms with Gasteiger partial charge in [0.05, 0.1) is 38.8 Å². The smallest absolute Gasteiger partial charge is 0.337 e. The average molecular weight is 320 g/mol. The van der Waals surface area contributed by atoms with Crippen LogP contribution >= 0.6 is 11.6 Å². The molecule has 1 N–H and O–H groups in total. The highest BCUT2D eigenvalue weighted by molar-refractivity contribution is 7.84. The minimum Gasteiger partial charge on any atom is -0.478 e. The van der Waals surface area contributed by atoms with Gasteiger partial charge in [0.25, 0.3) is 0 Å². The van der Waals surface area contributed by atoms with Crippen LogP contribution in [0.5, 0.6) is 0 Å². The predicted molar refractivity (Wildman–Crippen MR) is 79.7 cm³/mol. The van der Waals surface area contributed by atoms with Gasteiger partial charge in [-0.25, -0.2) is 4.79 Å². The molecule has 0 heterocycles. The molecule has 2 aromatic carbocycles. The van der Waals surface area contributed by atoms with Crippen LogP contribution in [-0.4, -0.2) is 15.3 Å². The fourth-order valence-corrected chi connectivity index (χ4v) is 3.16. The minimum atomic E-state index is -1.45. The monoisotopic (exact) mass is 319 g/mol. The molecule has 0 amide bonds. The van der Waals surface area contributed by atoms with Gasteiger partial charge in [-0.2, -0.15) is 5.26 Å². The number of carbonyl (C=O) groups is 1. The molecule has 106 valence electrons. The van der Waals surface area contributed by atoms with E-state index in [0.717, 1.165) is 0 Å². The second kappa shape index (κ2) is 6.53. The predicted octanol–water partition coefficient (Wildman–Crippen LogP) is 3.22. The molecule has 0 aliphatic carbocycles. The molecule has 0 radical (unpaired) electrons. The Labute approximate surface area is 129 Å². The molecule has 2 rings (SSSR count). The van der Waals surface area contributed by atoms with Crippen molar-refractivity contribution in [1.82, 2.24) is 0 Å². The lowest BCUT2D eigenvalue weighted by Gasteiger charge is -2.06. The molecule has 0 spiro atoms. The van der Waals surface area contributed by atoms with Crippen LogP contribution in [0.15, 0.2) is 47.4 Å². The Kier molecular flexibility index (Phi) is 4.73. The van der Waals surface area contributed by atoms with E-state index in [2.05, 4.69) is 0 Å². The molecule has 6 heteroatoms. The Morgan fingerprint density at radius 1 is 1.29 bits per heavy atom. The summed E-state index contributed by atoms with van der Waals surface area (Å²) in [4.78, 5) is 11.4. The summed E-state index contributed by atoms with van der Waals surface area (Å²) in [7, 11) is -1.45. The van der Waals surface area contributed by atoms with E-state index in [-0.39, 0.29) is 16.3 Å². The van der Waals surface area contributed by atoms with E-state index in [0.29, 0.717) is 16.0 Å². The lowest BCUT2D eigenvalue weighted by atomic mass is 10.1. The highest BCUT2D eigenvalue weighted by Crippen LogP contribution is 2.22. The van der Waals surface area contributed by atoms with Crippen LogP contribution in [0, 0.1) is 11.3 Å². The quantitative estimate of drug-likeness (QED) is 0.938. The first kappa shape index (κ1) is 15.2.